The number of methoxy groups -OCH3 is 1. The van der Waals surface area contributed by atoms with Crippen molar-refractivity contribution in [3.05, 3.63) is 101 Å². The van der Waals surface area contributed by atoms with E-state index in [1.54, 1.807) is 14.0 Å². The van der Waals surface area contributed by atoms with Crippen LogP contribution in [-0.4, -0.2) is 17.6 Å². The van der Waals surface area contributed by atoms with Crippen LogP contribution in [0.5, 0.6) is 5.75 Å². The van der Waals surface area contributed by atoms with E-state index in [2.05, 4.69) is 83.5 Å². The van der Waals surface area contributed by atoms with Crippen molar-refractivity contribution in [3.8, 4) is 5.75 Å². The van der Waals surface area contributed by atoms with Crippen LogP contribution in [0, 0.1) is 12.8 Å². The molecule has 166 valence electrons. The predicted octanol–water partition coefficient (Wildman–Crippen LogP) is 5.50. The van der Waals surface area contributed by atoms with Crippen molar-refractivity contribution in [2.45, 2.75) is 38.3 Å². The molecule has 1 N–H and O–H groups in total. The zero-order valence-corrected chi connectivity index (χ0v) is 19.3. The van der Waals surface area contributed by atoms with Crippen molar-refractivity contribution >= 4 is 16.8 Å². The molecule has 4 nitrogen and oxygen atoms in total. The average Bonchev–Trinajstić information content (AvgIpc) is 3.30. The number of amides is 1. The van der Waals surface area contributed by atoms with Gasteiger partial charge in [0.25, 0.3) is 0 Å². The van der Waals surface area contributed by atoms with Crippen LogP contribution in [0.4, 0.5) is 0 Å². The molecule has 1 amide bonds. The Balaban J connectivity index is 1.77. The molecule has 0 saturated heterocycles. The molecule has 2 aliphatic rings. The third kappa shape index (κ3) is 2.61. The second-order valence-electron chi connectivity index (χ2n) is 9.33. The summed E-state index contributed by atoms with van der Waals surface area (Å²) in [5.74, 6) is 1.26. The molecule has 0 unspecified atom stereocenters. The molecule has 0 fully saturated rings. The lowest BCUT2D eigenvalue weighted by atomic mass is 9.68. The molecule has 2 heterocycles. The molecule has 3 aromatic carbocycles. The van der Waals surface area contributed by atoms with E-state index in [4.69, 9.17) is 4.74 Å². The predicted molar refractivity (Wildman–Crippen MR) is 131 cm³/mol. The molecule has 0 saturated carbocycles. The average molecular weight is 437 g/mol. The number of fused-ring (bicyclic) bond motifs is 7. The second-order valence-corrected chi connectivity index (χ2v) is 9.33. The van der Waals surface area contributed by atoms with Gasteiger partial charge in [-0.25, -0.2) is 0 Å². The number of carbonyl (C=O) groups excluding carboxylic acids is 1. The Labute approximate surface area is 194 Å². The Morgan fingerprint density at radius 1 is 1.03 bits per heavy atom. The van der Waals surface area contributed by atoms with Gasteiger partial charge in [0.15, 0.2) is 0 Å². The number of para-hydroxylation sites is 1. The lowest BCUT2D eigenvalue weighted by Gasteiger charge is -2.45. The van der Waals surface area contributed by atoms with Gasteiger partial charge < -0.3 is 14.6 Å². The Morgan fingerprint density at radius 2 is 1.79 bits per heavy atom. The van der Waals surface area contributed by atoms with Gasteiger partial charge in [0, 0.05) is 41.0 Å². The standard InChI is InChI=1S/C29H28N2O2/c1-18-21-12-7-8-14-25(21)31-28(18)27(20-10-5-4-6-11-20)24-17-16-22-23(13-9-15-26(22)33-3)29(24,31)30-19(2)32/h4-15,24,27H,16-17H2,1-3H3,(H,30,32)/t24-,27+,29-/m0/s1. The Kier molecular flexibility index (Phi) is 4.41. The first kappa shape index (κ1) is 20.1. The van der Waals surface area contributed by atoms with E-state index < -0.39 is 5.66 Å². The number of ether oxygens (including phenoxy) is 1. The maximum Gasteiger partial charge on any atom is 0.218 e. The second kappa shape index (κ2) is 7.24. The van der Waals surface area contributed by atoms with Crippen LogP contribution in [0.25, 0.3) is 10.9 Å². The van der Waals surface area contributed by atoms with E-state index in [-0.39, 0.29) is 17.7 Å². The van der Waals surface area contributed by atoms with Crippen molar-refractivity contribution < 1.29 is 9.53 Å². The summed E-state index contributed by atoms with van der Waals surface area (Å²) in [5.41, 5.74) is 6.73. The minimum absolute atomic E-state index is 0.0224. The minimum atomic E-state index is -0.669. The number of benzene rings is 3. The SMILES string of the molecule is COc1cccc2c1CC[C@H]1[C@@H](c3ccccc3)c3c(C)c4ccccc4n3[C@@]21NC(C)=O. The highest BCUT2D eigenvalue weighted by Gasteiger charge is 2.58. The summed E-state index contributed by atoms with van der Waals surface area (Å²) in [6.07, 6.45) is 1.89. The van der Waals surface area contributed by atoms with Crippen LogP contribution < -0.4 is 10.1 Å². The molecular formula is C29H28N2O2. The molecule has 1 aliphatic heterocycles. The van der Waals surface area contributed by atoms with Gasteiger partial charge >= 0.3 is 0 Å². The van der Waals surface area contributed by atoms with Crippen LogP contribution in [0.3, 0.4) is 0 Å². The Morgan fingerprint density at radius 3 is 2.55 bits per heavy atom. The van der Waals surface area contributed by atoms with Crippen molar-refractivity contribution in [3.63, 3.8) is 0 Å². The molecule has 6 rings (SSSR count). The lowest BCUT2D eigenvalue weighted by Crippen LogP contribution is -2.55. The van der Waals surface area contributed by atoms with Crippen LogP contribution in [0.15, 0.2) is 72.8 Å². The van der Waals surface area contributed by atoms with Crippen molar-refractivity contribution in [1.29, 1.82) is 0 Å². The van der Waals surface area contributed by atoms with Crippen molar-refractivity contribution in [2.75, 3.05) is 7.11 Å². The third-order valence-electron chi connectivity index (χ3n) is 7.75. The quantitative estimate of drug-likeness (QED) is 0.461. The highest BCUT2D eigenvalue weighted by molar-refractivity contribution is 5.88. The number of nitrogens with zero attached hydrogens (tertiary/aromatic N) is 1. The number of hydrogen-bond donors (Lipinski definition) is 1. The molecule has 0 radical (unpaired) electrons. The zero-order valence-electron chi connectivity index (χ0n) is 19.3. The Bertz CT molecular complexity index is 1390. The summed E-state index contributed by atoms with van der Waals surface area (Å²) in [4.78, 5) is 12.9. The molecule has 4 heteroatoms. The number of carbonyl (C=O) groups is 1. The first-order valence-electron chi connectivity index (χ1n) is 11.7. The van der Waals surface area contributed by atoms with E-state index in [0.717, 1.165) is 29.7 Å². The number of nitrogens with one attached hydrogen (secondary N) is 1. The van der Waals surface area contributed by atoms with E-state index in [1.807, 2.05) is 6.07 Å². The molecule has 0 bridgehead atoms. The van der Waals surface area contributed by atoms with Gasteiger partial charge in [-0.2, -0.15) is 0 Å². The summed E-state index contributed by atoms with van der Waals surface area (Å²) >= 11 is 0. The molecular weight excluding hydrogens is 408 g/mol. The summed E-state index contributed by atoms with van der Waals surface area (Å²) < 4.78 is 8.22. The largest absolute Gasteiger partial charge is 0.496 e. The number of aryl methyl sites for hydroxylation is 1. The van der Waals surface area contributed by atoms with E-state index >= 15 is 0 Å². The summed E-state index contributed by atoms with van der Waals surface area (Å²) in [7, 11) is 1.73. The van der Waals surface area contributed by atoms with E-state index in [0.29, 0.717) is 0 Å². The van der Waals surface area contributed by atoms with E-state index in [9.17, 15) is 4.79 Å². The van der Waals surface area contributed by atoms with Gasteiger partial charge in [0.05, 0.1) is 12.6 Å². The van der Waals surface area contributed by atoms with Crippen molar-refractivity contribution in [1.82, 2.24) is 9.88 Å². The van der Waals surface area contributed by atoms with Gasteiger partial charge in [0.2, 0.25) is 5.91 Å². The zero-order chi connectivity index (χ0) is 22.7. The molecule has 3 atom stereocenters. The lowest BCUT2D eigenvalue weighted by molar-refractivity contribution is -0.122. The molecule has 1 aliphatic carbocycles. The van der Waals surface area contributed by atoms with Crippen LogP contribution >= 0.6 is 0 Å². The van der Waals surface area contributed by atoms with Gasteiger partial charge in [0.1, 0.15) is 11.4 Å². The Hall–Kier alpha value is -3.53. The molecule has 0 spiro atoms. The molecule has 4 aromatic rings. The molecule has 33 heavy (non-hydrogen) atoms. The maximum atomic E-state index is 12.9. The van der Waals surface area contributed by atoms with Crippen molar-refractivity contribution in [2.24, 2.45) is 5.92 Å². The summed E-state index contributed by atoms with van der Waals surface area (Å²) in [5, 5.41) is 4.74. The monoisotopic (exact) mass is 436 g/mol. The van der Waals surface area contributed by atoms with Gasteiger partial charge in [-0.1, -0.05) is 60.7 Å². The van der Waals surface area contributed by atoms with E-state index in [1.165, 1.54) is 27.8 Å². The highest BCUT2D eigenvalue weighted by Crippen LogP contribution is 2.59. The number of hydrogen-bond acceptors (Lipinski definition) is 2. The van der Waals surface area contributed by atoms with Crippen LogP contribution in [0.1, 0.15) is 47.2 Å². The van der Waals surface area contributed by atoms with Gasteiger partial charge in [-0.15, -0.1) is 0 Å². The third-order valence-corrected chi connectivity index (χ3v) is 7.75. The summed E-state index contributed by atoms with van der Waals surface area (Å²) in [6.45, 7) is 3.86. The molecule has 1 aromatic heterocycles. The van der Waals surface area contributed by atoms with Crippen LogP contribution in [-0.2, 0) is 16.9 Å². The summed E-state index contributed by atoms with van der Waals surface area (Å²) in [6, 6.07) is 25.6. The highest BCUT2D eigenvalue weighted by atomic mass is 16.5. The smallest absolute Gasteiger partial charge is 0.218 e. The fourth-order valence-corrected chi connectivity index (χ4v) is 6.67. The normalized spacial score (nSPS) is 23.0. The van der Waals surface area contributed by atoms with Gasteiger partial charge in [-0.05, 0) is 43.0 Å². The first-order valence-corrected chi connectivity index (χ1v) is 11.7. The topological polar surface area (TPSA) is 43.3 Å². The number of rotatable bonds is 3. The fourth-order valence-electron chi connectivity index (χ4n) is 6.67. The number of aromatic nitrogens is 1. The van der Waals surface area contributed by atoms with Crippen LogP contribution in [0.2, 0.25) is 0 Å². The van der Waals surface area contributed by atoms with Gasteiger partial charge in [-0.3, -0.25) is 4.79 Å². The fraction of sp³-hybridized carbons (Fsp3) is 0.276. The maximum absolute atomic E-state index is 12.9. The minimum Gasteiger partial charge on any atom is -0.496 e. The first-order chi connectivity index (χ1) is 16.1.